The normalized spacial score (nSPS) is 12.7. The monoisotopic (exact) mass is 333 g/mol. The van der Waals surface area contributed by atoms with E-state index in [1.807, 2.05) is 12.3 Å². The number of rotatable bonds is 3. The standard InChI is InChI=1S/C12H10F3N3OS2/c1-6-5-20-11(17-6)21-7-2-3-8(10(16)18-19)9(4-7)12(13,14)15/h2-5,19H,1H3,(H2,16,18). The minimum atomic E-state index is -4.60. The molecule has 0 aliphatic carbocycles. The topological polar surface area (TPSA) is 71.5 Å². The molecule has 112 valence electrons. The van der Waals surface area contributed by atoms with E-state index in [0.717, 1.165) is 23.5 Å². The Bertz CT molecular complexity index is 683. The second-order valence-corrected chi connectivity index (χ2v) is 6.23. The number of nitrogens with two attached hydrogens (primary N) is 1. The molecule has 0 saturated carbocycles. The average Bonchev–Trinajstić information content (AvgIpc) is 2.82. The fourth-order valence-electron chi connectivity index (χ4n) is 1.58. The molecule has 0 atom stereocenters. The van der Waals surface area contributed by atoms with Crippen LogP contribution in [-0.2, 0) is 6.18 Å². The van der Waals surface area contributed by atoms with Crippen molar-refractivity contribution in [1.29, 1.82) is 0 Å². The molecule has 2 aromatic rings. The molecular weight excluding hydrogens is 323 g/mol. The number of aryl methyl sites for hydroxylation is 1. The molecule has 21 heavy (non-hydrogen) atoms. The fourth-order valence-corrected chi connectivity index (χ4v) is 3.43. The number of nitrogens with zero attached hydrogens (tertiary/aromatic N) is 2. The van der Waals surface area contributed by atoms with Crippen molar-refractivity contribution in [3.05, 3.63) is 40.4 Å². The Balaban J connectivity index is 2.42. The molecule has 0 saturated heterocycles. The van der Waals surface area contributed by atoms with Crippen LogP contribution in [0.5, 0.6) is 0 Å². The third-order valence-electron chi connectivity index (χ3n) is 2.48. The van der Waals surface area contributed by atoms with Gasteiger partial charge in [-0.1, -0.05) is 16.9 Å². The SMILES string of the molecule is Cc1csc(Sc2ccc(/C(N)=N/O)c(C(F)(F)F)c2)n1. The van der Waals surface area contributed by atoms with Gasteiger partial charge in [0.2, 0.25) is 0 Å². The van der Waals surface area contributed by atoms with Crippen LogP contribution in [0.15, 0.2) is 38.0 Å². The number of benzene rings is 1. The van der Waals surface area contributed by atoms with Gasteiger partial charge in [0.1, 0.15) is 0 Å². The van der Waals surface area contributed by atoms with Crippen molar-refractivity contribution in [2.75, 3.05) is 0 Å². The number of alkyl halides is 3. The highest BCUT2D eigenvalue weighted by atomic mass is 32.2. The van der Waals surface area contributed by atoms with Gasteiger partial charge in [0.05, 0.1) is 5.56 Å². The minimum Gasteiger partial charge on any atom is -0.409 e. The van der Waals surface area contributed by atoms with Crippen LogP contribution in [0.4, 0.5) is 13.2 Å². The van der Waals surface area contributed by atoms with Crippen LogP contribution in [0.2, 0.25) is 0 Å². The molecule has 0 radical (unpaired) electrons. The van der Waals surface area contributed by atoms with E-state index in [2.05, 4.69) is 10.1 Å². The van der Waals surface area contributed by atoms with Gasteiger partial charge in [0.15, 0.2) is 10.2 Å². The van der Waals surface area contributed by atoms with E-state index in [-0.39, 0.29) is 5.56 Å². The van der Waals surface area contributed by atoms with Crippen LogP contribution in [-0.4, -0.2) is 16.0 Å². The van der Waals surface area contributed by atoms with Crippen LogP contribution in [0.1, 0.15) is 16.8 Å². The second-order valence-electron chi connectivity index (χ2n) is 4.05. The molecular formula is C12H10F3N3OS2. The van der Waals surface area contributed by atoms with Crippen molar-refractivity contribution in [3.8, 4) is 0 Å². The molecule has 3 N–H and O–H groups in total. The molecule has 2 rings (SSSR count). The molecule has 0 unspecified atom stereocenters. The van der Waals surface area contributed by atoms with Crippen LogP contribution < -0.4 is 5.73 Å². The molecule has 0 fully saturated rings. The van der Waals surface area contributed by atoms with Crippen LogP contribution in [0.25, 0.3) is 0 Å². The summed E-state index contributed by atoms with van der Waals surface area (Å²) in [5.74, 6) is -0.580. The zero-order valence-electron chi connectivity index (χ0n) is 10.7. The second kappa shape index (κ2) is 5.94. The van der Waals surface area contributed by atoms with Gasteiger partial charge in [0.25, 0.3) is 0 Å². The number of hydrogen-bond donors (Lipinski definition) is 2. The summed E-state index contributed by atoms with van der Waals surface area (Å²) >= 11 is 2.49. The molecule has 9 heteroatoms. The maximum absolute atomic E-state index is 13.1. The van der Waals surface area contributed by atoms with E-state index in [1.54, 1.807) is 0 Å². The van der Waals surface area contributed by atoms with E-state index in [0.29, 0.717) is 9.24 Å². The lowest BCUT2D eigenvalue weighted by atomic mass is 10.1. The molecule has 0 aliphatic heterocycles. The van der Waals surface area contributed by atoms with Gasteiger partial charge in [0, 0.05) is 21.5 Å². The Hall–Kier alpha value is -1.74. The summed E-state index contributed by atoms with van der Waals surface area (Å²) in [6.45, 7) is 1.81. The van der Waals surface area contributed by atoms with Crippen molar-refractivity contribution >= 4 is 28.9 Å². The molecule has 0 spiro atoms. The van der Waals surface area contributed by atoms with E-state index >= 15 is 0 Å². The first-order valence-electron chi connectivity index (χ1n) is 5.60. The lowest BCUT2D eigenvalue weighted by molar-refractivity contribution is -0.137. The summed E-state index contributed by atoms with van der Waals surface area (Å²) in [4.78, 5) is 4.56. The Kier molecular flexibility index (Phi) is 4.43. The van der Waals surface area contributed by atoms with Crippen LogP contribution in [0.3, 0.4) is 0 Å². The molecule has 0 bridgehead atoms. The summed E-state index contributed by atoms with van der Waals surface area (Å²) in [5.41, 5.74) is 4.79. The molecule has 0 amide bonds. The van der Waals surface area contributed by atoms with Gasteiger partial charge >= 0.3 is 6.18 Å². The third kappa shape index (κ3) is 3.67. The van der Waals surface area contributed by atoms with Gasteiger partial charge in [-0.05, 0) is 25.1 Å². The summed E-state index contributed by atoms with van der Waals surface area (Å²) in [7, 11) is 0. The number of amidine groups is 1. The molecule has 1 heterocycles. The first-order valence-corrected chi connectivity index (χ1v) is 7.30. The van der Waals surface area contributed by atoms with Crippen LogP contribution in [0, 0.1) is 6.92 Å². The first kappa shape index (κ1) is 15.6. The lowest BCUT2D eigenvalue weighted by Gasteiger charge is -2.13. The predicted molar refractivity (Wildman–Crippen MR) is 74.9 cm³/mol. The molecule has 4 nitrogen and oxygen atoms in total. The summed E-state index contributed by atoms with van der Waals surface area (Å²) in [6.07, 6.45) is -4.60. The van der Waals surface area contributed by atoms with E-state index in [1.165, 1.54) is 23.5 Å². The zero-order valence-corrected chi connectivity index (χ0v) is 12.3. The smallest absolute Gasteiger partial charge is 0.409 e. The molecule has 0 aliphatic rings. The van der Waals surface area contributed by atoms with E-state index in [9.17, 15) is 13.2 Å². The van der Waals surface area contributed by atoms with Crippen molar-refractivity contribution in [2.45, 2.75) is 22.3 Å². The summed E-state index contributed by atoms with van der Waals surface area (Å²) < 4.78 is 39.8. The van der Waals surface area contributed by atoms with E-state index in [4.69, 9.17) is 10.9 Å². The Morgan fingerprint density at radius 3 is 2.67 bits per heavy atom. The highest BCUT2D eigenvalue weighted by Crippen LogP contribution is 2.37. The Labute approximate surface area is 126 Å². The first-order chi connectivity index (χ1) is 9.81. The fraction of sp³-hybridized carbons (Fsp3) is 0.167. The number of hydrogen-bond acceptors (Lipinski definition) is 5. The van der Waals surface area contributed by atoms with Gasteiger partial charge in [-0.3, -0.25) is 0 Å². The largest absolute Gasteiger partial charge is 0.417 e. The number of thiazole rings is 1. The van der Waals surface area contributed by atoms with Crippen molar-refractivity contribution < 1.29 is 18.4 Å². The number of oxime groups is 1. The van der Waals surface area contributed by atoms with Gasteiger partial charge < -0.3 is 10.9 Å². The summed E-state index contributed by atoms with van der Waals surface area (Å²) in [6, 6.07) is 3.62. The van der Waals surface area contributed by atoms with Gasteiger partial charge in [-0.25, -0.2) is 4.98 Å². The van der Waals surface area contributed by atoms with Gasteiger partial charge in [-0.15, -0.1) is 11.3 Å². The van der Waals surface area contributed by atoms with Crippen molar-refractivity contribution in [2.24, 2.45) is 10.9 Å². The maximum Gasteiger partial charge on any atom is 0.417 e. The van der Waals surface area contributed by atoms with E-state index < -0.39 is 17.6 Å². The minimum absolute atomic E-state index is 0.357. The lowest BCUT2D eigenvalue weighted by Crippen LogP contribution is -2.20. The number of halogens is 3. The Morgan fingerprint density at radius 1 is 1.43 bits per heavy atom. The summed E-state index contributed by atoms with van der Waals surface area (Å²) in [5, 5.41) is 13.0. The zero-order chi connectivity index (χ0) is 15.6. The van der Waals surface area contributed by atoms with Crippen molar-refractivity contribution in [1.82, 2.24) is 4.98 Å². The van der Waals surface area contributed by atoms with Crippen LogP contribution >= 0.6 is 23.1 Å². The molecule has 1 aromatic carbocycles. The average molecular weight is 333 g/mol. The third-order valence-corrected chi connectivity index (χ3v) is 4.53. The predicted octanol–water partition coefficient (Wildman–Crippen LogP) is 3.72. The quantitative estimate of drug-likeness (QED) is 0.389. The van der Waals surface area contributed by atoms with Crippen molar-refractivity contribution in [3.63, 3.8) is 0 Å². The highest BCUT2D eigenvalue weighted by molar-refractivity contribution is 8.01. The van der Waals surface area contributed by atoms with Gasteiger partial charge in [-0.2, -0.15) is 13.2 Å². The number of aromatic nitrogens is 1. The maximum atomic E-state index is 13.1. The Morgan fingerprint density at radius 2 is 2.14 bits per heavy atom. The highest BCUT2D eigenvalue weighted by Gasteiger charge is 2.34. The molecule has 1 aromatic heterocycles.